The van der Waals surface area contributed by atoms with Crippen molar-refractivity contribution < 1.29 is 9.90 Å². The lowest BCUT2D eigenvalue weighted by Crippen LogP contribution is -1.91. The van der Waals surface area contributed by atoms with Crippen LogP contribution in [-0.2, 0) is 4.79 Å². The van der Waals surface area contributed by atoms with E-state index in [4.69, 9.17) is 5.11 Å². The lowest BCUT2D eigenvalue weighted by atomic mass is 10.3. The van der Waals surface area contributed by atoms with Crippen molar-refractivity contribution in [1.82, 2.24) is 9.97 Å². The second-order valence-corrected chi connectivity index (χ2v) is 3.10. The Morgan fingerprint density at radius 1 is 1.57 bits per heavy atom. The molecule has 0 bridgehead atoms. The topological polar surface area (TPSA) is 63.1 Å². The molecule has 0 aliphatic heterocycles. The van der Waals surface area contributed by atoms with E-state index in [1.807, 2.05) is 6.26 Å². The molecule has 0 aliphatic rings. The van der Waals surface area contributed by atoms with E-state index >= 15 is 0 Å². The van der Waals surface area contributed by atoms with Gasteiger partial charge in [-0.2, -0.15) is 0 Å². The van der Waals surface area contributed by atoms with Crippen LogP contribution in [0.3, 0.4) is 0 Å². The molecule has 5 heteroatoms. The summed E-state index contributed by atoms with van der Waals surface area (Å²) in [7, 11) is 0. The molecule has 0 spiro atoms. The number of nitrogens with zero attached hydrogens (tertiary/aromatic N) is 2. The summed E-state index contributed by atoms with van der Waals surface area (Å²) in [5.41, 5.74) is 0.629. The van der Waals surface area contributed by atoms with Crippen molar-refractivity contribution in [3.8, 4) is 11.8 Å². The zero-order valence-electron chi connectivity index (χ0n) is 7.52. The van der Waals surface area contributed by atoms with Gasteiger partial charge in [0.25, 0.3) is 0 Å². The fourth-order valence-corrected chi connectivity index (χ4v) is 1.02. The fourth-order valence-electron chi connectivity index (χ4n) is 0.708. The second kappa shape index (κ2) is 5.25. The van der Waals surface area contributed by atoms with E-state index in [-0.39, 0.29) is 6.42 Å². The van der Waals surface area contributed by atoms with Crippen molar-refractivity contribution in [2.24, 2.45) is 0 Å². The van der Waals surface area contributed by atoms with E-state index in [1.165, 1.54) is 11.8 Å². The molecule has 4 nitrogen and oxygen atoms in total. The highest BCUT2D eigenvalue weighted by molar-refractivity contribution is 7.98. The standard InChI is InChI=1S/C9H8N2O2S/c1-14-9-10-5-7(6-11-9)3-2-4-8(12)13/h5-6H,4H2,1H3,(H,12,13). The van der Waals surface area contributed by atoms with Crippen molar-refractivity contribution in [2.75, 3.05) is 6.26 Å². The molecule has 14 heavy (non-hydrogen) atoms. The van der Waals surface area contributed by atoms with Gasteiger partial charge < -0.3 is 5.11 Å². The smallest absolute Gasteiger partial charge is 0.315 e. The predicted octanol–water partition coefficient (Wildman–Crippen LogP) is 1.02. The van der Waals surface area contributed by atoms with Gasteiger partial charge in [0.15, 0.2) is 5.16 Å². The van der Waals surface area contributed by atoms with E-state index in [0.717, 1.165) is 0 Å². The SMILES string of the molecule is CSc1ncc(C#CCC(=O)O)cn1. The molecule has 0 aromatic carbocycles. The normalized spacial score (nSPS) is 8.93. The van der Waals surface area contributed by atoms with E-state index in [0.29, 0.717) is 10.7 Å². The minimum Gasteiger partial charge on any atom is -0.481 e. The van der Waals surface area contributed by atoms with Gasteiger partial charge in [-0.05, 0) is 6.26 Å². The van der Waals surface area contributed by atoms with Crippen LogP contribution in [0.4, 0.5) is 0 Å². The largest absolute Gasteiger partial charge is 0.481 e. The Morgan fingerprint density at radius 2 is 2.21 bits per heavy atom. The van der Waals surface area contributed by atoms with Gasteiger partial charge in [0.05, 0.1) is 5.56 Å². The van der Waals surface area contributed by atoms with Crippen molar-refractivity contribution in [1.29, 1.82) is 0 Å². The lowest BCUT2D eigenvalue weighted by Gasteiger charge is -1.92. The maximum atomic E-state index is 10.2. The number of carboxylic acids is 1. The van der Waals surface area contributed by atoms with Crippen molar-refractivity contribution >= 4 is 17.7 Å². The Morgan fingerprint density at radius 3 is 2.71 bits per heavy atom. The molecule has 0 aliphatic carbocycles. The van der Waals surface area contributed by atoms with E-state index in [2.05, 4.69) is 21.8 Å². The Kier molecular flexibility index (Phi) is 3.95. The molecule has 1 aromatic rings. The summed E-state index contributed by atoms with van der Waals surface area (Å²) in [5, 5.41) is 9.01. The van der Waals surface area contributed by atoms with Crippen LogP contribution in [0.1, 0.15) is 12.0 Å². The minimum atomic E-state index is -0.931. The van der Waals surface area contributed by atoms with Crippen molar-refractivity contribution in [2.45, 2.75) is 11.6 Å². The van der Waals surface area contributed by atoms with E-state index in [9.17, 15) is 4.79 Å². The average molecular weight is 208 g/mol. The number of aromatic nitrogens is 2. The van der Waals surface area contributed by atoms with Crippen LogP contribution in [-0.4, -0.2) is 27.3 Å². The number of thioether (sulfide) groups is 1. The molecule has 1 rings (SSSR count). The number of aliphatic carboxylic acids is 1. The second-order valence-electron chi connectivity index (χ2n) is 2.33. The van der Waals surface area contributed by atoms with Crippen LogP contribution < -0.4 is 0 Å². The molecule has 0 saturated carbocycles. The molecule has 0 amide bonds. The molecular weight excluding hydrogens is 200 g/mol. The van der Waals surface area contributed by atoms with Gasteiger partial charge in [0.2, 0.25) is 0 Å². The maximum Gasteiger partial charge on any atom is 0.315 e. The van der Waals surface area contributed by atoms with Gasteiger partial charge in [-0.25, -0.2) is 9.97 Å². The summed E-state index contributed by atoms with van der Waals surface area (Å²) >= 11 is 1.44. The van der Waals surface area contributed by atoms with Gasteiger partial charge in [-0.1, -0.05) is 23.6 Å². The molecule has 72 valence electrons. The summed E-state index contributed by atoms with van der Waals surface area (Å²) in [5.74, 6) is 4.23. The Labute approximate surface area is 85.8 Å². The maximum absolute atomic E-state index is 10.2. The first-order chi connectivity index (χ1) is 6.72. The molecule has 0 radical (unpaired) electrons. The van der Waals surface area contributed by atoms with Gasteiger partial charge in [0.1, 0.15) is 6.42 Å². The third-order valence-electron chi connectivity index (χ3n) is 1.28. The zero-order chi connectivity index (χ0) is 10.4. The third-order valence-corrected chi connectivity index (χ3v) is 1.86. The molecular formula is C9H8N2O2S. The summed E-state index contributed by atoms with van der Waals surface area (Å²) in [4.78, 5) is 18.1. The fraction of sp³-hybridized carbons (Fsp3) is 0.222. The van der Waals surface area contributed by atoms with Crippen LogP contribution in [0.5, 0.6) is 0 Å². The summed E-state index contributed by atoms with van der Waals surface area (Å²) in [6.45, 7) is 0. The highest BCUT2D eigenvalue weighted by atomic mass is 32.2. The van der Waals surface area contributed by atoms with Gasteiger partial charge in [0, 0.05) is 12.4 Å². The molecule has 0 atom stereocenters. The summed E-state index contributed by atoms with van der Waals surface area (Å²) in [6, 6.07) is 0. The highest BCUT2D eigenvalue weighted by Gasteiger charge is 1.93. The quantitative estimate of drug-likeness (QED) is 0.446. The zero-order valence-corrected chi connectivity index (χ0v) is 8.34. The molecule has 0 fully saturated rings. The minimum absolute atomic E-state index is 0.162. The summed E-state index contributed by atoms with van der Waals surface area (Å²) < 4.78 is 0. The van der Waals surface area contributed by atoms with Crippen LogP contribution in [0.2, 0.25) is 0 Å². The van der Waals surface area contributed by atoms with Gasteiger partial charge >= 0.3 is 5.97 Å². The number of hydrogen-bond acceptors (Lipinski definition) is 4. The van der Waals surface area contributed by atoms with Crippen LogP contribution in [0.15, 0.2) is 17.6 Å². The van der Waals surface area contributed by atoms with E-state index < -0.39 is 5.97 Å². The first kappa shape index (κ1) is 10.5. The molecule has 1 heterocycles. The number of rotatable bonds is 2. The van der Waals surface area contributed by atoms with Crippen molar-refractivity contribution in [3.63, 3.8) is 0 Å². The van der Waals surface area contributed by atoms with Gasteiger partial charge in [-0.15, -0.1) is 0 Å². The monoisotopic (exact) mass is 208 g/mol. The molecule has 1 aromatic heterocycles. The highest BCUT2D eigenvalue weighted by Crippen LogP contribution is 2.05. The Bertz CT molecular complexity index is 378. The van der Waals surface area contributed by atoms with Gasteiger partial charge in [-0.3, -0.25) is 4.79 Å². The van der Waals surface area contributed by atoms with Crippen LogP contribution in [0, 0.1) is 11.8 Å². The first-order valence-corrected chi connectivity index (χ1v) is 5.01. The van der Waals surface area contributed by atoms with Crippen LogP contribution >= 0.6 is 11.8 Å². The summed E-state index contributed by atoms with van der Waals surface area (Å²) in [6.07, 6.45) is 4.87. The van der Waals surface area contributed by atoms with Crippen molar-refractivity contribution in [3.05, 3.63) is 18.0 Å². The average Bonchev–Trinajstić information content (AvgIpc) is 2.18. The number of carbonyl (C=O) groups is 1. The first-order valence-electron chi connectivity index (χ1n) is 3.79. The molecule has 0 saturated heterocycles. The Balaban J connectivity index is 2.66. The van der Waals surface area contributed by atoms with Crippen LogP contribution in [0.25, 0.3) is 0 Å². The number of hydrogen-bond donors (Lipinski definition) is 1. The Hall–Kier alpha value is -1.54. The molecule has 1 N–H and O–H groups in total. The molecule has 0 unspecified atom stereocenters. The predicted molar refractivity (Wildman–Crippen MR) is 52.9 cm³/mol. The number of carboxylic acid groups (broad SMARTS) is 1. The third kappa shape index (κ3) is 3.46. The lowest BCUT2D eigenvalue weighted by molar-refractivity contribution is -0.135. The van der Waals surface area contributed by atoms with E-state index in [1.54, 1.807) is 12.4 Å².